The van der Waals surface area contributed by atoms with Gasteiger partial charge in [-0.05, 0) is 24.6 Å². The van der Waals surface area contributed by atoms with Gasteiger partial charge in [0.15, 0.2) is 0 Å². The van der Waals surface area contributed by atoms with Gasteiger partial charge in [-0.1, -0.05) is 11.6 Å². The van der Waals surface area contributed by atoms with Gasteiger partial charge in [0.25, 0.3) is 5.91 Å². The van der Waals surface area contributed by atoms with Crippen LogP contribution in [-0.2, 0) is 11.3 Å². The first-order chi connectivity index (χ1) is 13.5. The van der Waals surface area contributed by atoms with Crippen LogP contribution < -0.4 is 15.8 Å². The Morgan fingerprint density at radius 3 is 2.71 bits per heavy atom. The number of halogens is 1. The van der Waals surface area contributed by atoms with E-state index in [1.54, 1.807) is 19.2 Å². The number of rotatable bonds is 7. The number of amides is 1. The number of hydrogen-bond acceptors (Lipinski definition) is 5. The Labute approximate surface area is 170 Å². The van der Waals surface area contributed by atoms with Crippen molar-refractivity contribution in [3.63, 3.8) is 0 Å². The van der Waals surface area contributed by atoms with E-state index in [4.69, 9.17) is 26.8 Å². The standard InChI is InChI=1S/C20H27ClN4O3/c1-27-18-12-16(22)15(21)11-14(18)20(26)23-17-5-8-25(13-19(17)28-2)10-9-24-6-3-4-7-24/h3-4,6-7,11-12,17,19H,5,8-10,13,22H2,1-2H3,(H,23,26). The van der Waals surface area contributed by atoms with Crippen LogP contribution in [0.15, 0.2) is 36.7 Å². The summed E-state index contributed by atoms with van der Waals surface area (Å²) in [6.07, 6.45) is 4.84. The summed E-state index contributed by atoms with van der Waals surface area (Å²) in [6, 6.07) is 7.07. The maximum Gasteiger partial charge on any atom is 0.255 e. The summed E-state index contributed by atoms with van der Waals surface area (Å²) in [5, 5.41) is 3.40. The van der Waals surface area contributed by atoms with Crippen LogP contribution in [0.1, 0.15) is 16.8 Å². The van der Waals surface area contributed by atoms with Crippen molar-refractivity contribution in [1.29, 1.82) is 0 Å². The fraction of sp³-hybridized carbons (Fsp3) is 0.450. The summed E-state index contributed by atoms with van der Waals surface area (Å²) in [5.74, 6) is 0.157. The molecule has 2 atom stereocenters. The summed E-state index contributed by atoms with van der Waals surface area (Å²) < 4.78 is 13.1. The number of nitrogen functional groups attached to an aromatic ring is 1. The normalized spacial score (nSPS) is 20.1. The van der Waals surface area contributed by atoms with Crippen LogP contribution in [0.5, 0.6) is 5.75 Å². The highest BCUT2D eigenvalue weighted by Crippen LogP contribution is 2.29. The van der Waals surface area contributed by atoms with Crippen LogP contribution in [0.4, 0.5) is 5.69 Å². The number of methoxy groups -OCH3 is 2. The molecule has 1 aliphatic rings. The van der Waals surface area contributed by atoms with E-state index in [0.29, 0.717) is 22.0 Å². The zero-order chi connectivity index (χ0) is 20.1. The summed E-state index contributed by atoms with van der Waals surface area (Å²) in [5.41, 5.74) is 6.54. The largest absolute Gasteiger partial charge is 0.496 e. The number of nitrogens with zero attached hydrogens (tertiary/aromatic N) is 2. The molecule has 2 heterocycles. The summed E-state index contributed by atoms with van der Waals surface area (Å²) in [6.45, 7) is 3.53. The quantitative estimate of drug-likeness (QED) is 0.689. The van der Waals surface area contributed by atoms with E-state index < -0.39 is 0 Å². The fourth-order valence-corrected chi connectivity index (χ4v) is 3.69. The molecule has 3 rings (SSSR count). The second-order valence-electron chi connectivity index (χ2n) is 6.94. The van der Waals surface area contributed by atoms with Gasteiger partial charge in [0.05, 0.1) is 35.5 Å². The molecule has 8 heteroatoms. The van der Waals surface area contributed by atoms with E-state index in [2.05, 4.69) is 27.2 Å². The number of anilines is 1. The third-order valence-electron chi connectivity index (χ3n) is 5.17. The van der Waals surface area contributed by atoms with Crippen molar-refractivity contribution in [2.24, 2.45) is 0 Å². The van der Waals surface area contributed by atoms with Crippen LogP contribution in [0.25, 0.3) is 0 Å². The molecule has 0 radical (unpaired) electrons. The maximum absolute atomic E-state index is 12.8. The molecule has 0 saturated carbocycles. The van der Waals surface area contributed by atoms with Crippen LogP contribution in [0.3, 0.4) is 0 Å². The third-order valence-corrected chi connectivity index (χ3v) is 5.49. The number of nitrogens with one attached hydrogen (secondary N) is 1. The highest BCUT2D eigenvalue weighted by Gasteiger charge is 2.31. The van der Waals surface area contributed by atoms with Crippen LogP contribution in [0.2, 0.25) is 5.02 Å². The molecule has 1 saturated heterocycles. The molecule has 152 valence electrons. The molecule has 0 spiro atoms. The van der Waals surface area contributed by atoms with Crippen molar-refractivity contribution in [2.75, 3.05) is 39.6 Å². The summed E-state index contributed by atoms with van der Waals surface area (Å²) in [7, 11) is 3.18. The van der Waals surface area contributed by atoms with Crippen LogP contribution in [0, 0.1) is 0 Å². The number of benzene rings is 1. The molecule has 1 aromatic heterocycles. The van der Waals surface area contributed by atoms with Gasteiger partial charge in [-0.3, -0.25) is 9.69 Å². The van der Waals surface area contributed by atoms with E-state index in [0.717, 1.165) is 32.6 Å². The summed E-state index contributed by atoms with van der Waals surface area (Å²) in [4.78, 5) is 15.2. The third kappa shape index (κ3) is 4.79. The Morgan fingerprint density at radius 2 is 2.04 bits per heavy atom. The number of ether oxygens (including phenoxy) is 2. The monoisotopic (exact) mass is 406 g/mol. The zero-order valence-electron chi connectivity index (χ0n) is 16.2. The lowest BCUT2D eigenvalue weighted by atomic mass is 10.0. The van der Waals surface area contributed by atoms with Crippen molar-refractivity contribution < 1.29 is 14.3 Å². The lowest BCUT2D eigenvalue weighted by Crippen LogP contribution is -2.55. The predicted octanol–water partition coefficient (Wildman–Crippen LogP) is 2.25. The molecule has 1 aliphatic heterocycles. The van der Waals surface area contributed by atoms with E-state index in [1.165, 1.54) is 7.11 Å². The molecule has 3 N–H and O–H groups in total. The SMILES string of the molecule is COc1cc(N)c(Cl)cc1C(=O)NC1CCN(CCn2cccc2)CC1OC. The van der Waals surface area contributed by atoms with Gasteiger partial charge in [0.1, 0.15) is 5.75 Å². The van der Waals surface area contributed by atoms with Gasteiger partial charge in [-0.25, -0.2) is 0 Å². The zero-order valence-corrected chi connectivity index (χ0v) is 17.0. The minimum absolute atomic E-state index is 0.0821. The number of aromatic nitrogens is 1. The Balaban J connectivity index is 1.61. The first-order valence-corrected chi connectivity index (χ1v) is 9.69. The van der Waals surface area contributed by atoms with Gasteiger partial charge in [-0.2, -0.15) is 0 Å². The molecule has 0 bridgehead atoms. The van der Waals surface area contributed by atoms with Crippen molar-refractivity contribution >= 4 is 23.2 Å². The number of nitrogens with two attached hydrogens (primary N) is 1. The molecule has 1 fully saturated rings. The molecule has 1 amide bonds. The van der Waals surface area contributed by atoms with Crippen LogP contribution in [-0.4, -0.2) is 61.4 Å². The smallest absolute Gasteiger partial charge is 0.255 e. The van der Waals surface area contributed by atoms with E-state index in [-0.39, 0.29) is 18.1 Å². The van der Waals surface area contributed by atoms with Crippen molar-refractivity contribution in [1.82, 2.24) is 14.8 Å². The highest BCUT2D eigenvalue weighted by atomic mass is 35.5. The first kappa shape index (κ1) is 20.5. The number of carbonyl (C=O) groups excluding carboxylic acids is 1. The average molecular weight is 407 g/mol. The number of piperidine rings is 1. The lowest BCUT2D eigenvalue weighted by molar-refractivity contribution is 0.00552. The number of carbonyl (C=O) groups is 1. The lowest BCUT2D eigenvalue weighted by Gasteiger charge is -2.38. The second-order valence-corrected chi connectivity index (χ2v) is 7.35. The van der Waals surface area contributed by atoms with Crippen molar-refractivity contribution in [3.05, 3.63) is 47.2 Å². The van der Waals surface area contributed by atoms with Crippen molar-refractivity contribution in [2.45, 2.75) is 25.1 Å². The average Bonchev–Trinajstić information content (AvgIpc) is 3.22. The van der Waals surface area contributed by atoms with E-state index in [9.17, 15) is 4.79 Å². The Morgan fingerprint density at radius 1 is 1.29 bits per heavy atom. The minimum Gasteiger partial charge on any atom is -0.496 e. The van der Waals surface area contributed by atoms with E-state index >= 15 is 0 Å². The Hall–Kier alpha value is -2.22. The predicted molar refractivity (Wildman–Crippen MR) is 110 cm³/mol. The molecular formula is C20H27ClN4O3. The highest BCUT2D eigenvalue weighted by molar-refractivity contribution is 6.33. The number of hydrogen-bond donors (Lipinski definition) is 2. The molecule has 2 unspecified atom stereocenters. The molecule has 28 heavy (non-hydrogen) atoms. The molecule has 0 aliphatic carbocycles. The van der Waals surface area contributed by atoms with Gasteiger partial charge in [0, 0.05) is 51.7 Å². The fourth-order valence-electron chi connectivity index (χ4n) is 3.53. The second kappa shape index (κ2) is 9.32. The number of likely N-dealkylation sites (tertiary alicyclic amines) is 1. The Bertz CT molecular complexity index is 797. The molecule has 1 aromatic carbocycles. The Kier molecular flexibility index (Phi) is 6.83. The van der Waals surface area contributed by atoms with Gasteiger partial charge in [-0.15, -0.1) is 0 Å². The van der Waals surface area contributed by atoms with E-state index in [1.807, 2.05) is 12.1 Å². The first-order valence-electron chi connectivity index (χ1n) is 9.31. The van der Waals surface area contributed by atoms with Crippen molar-refractivity contribution in [3.8, 4) is 5.75 Å². The molecule has 7 nitrogen and oxygen atoms in total. The van der Waals surface area contributed by atoms with Gasteiger partial charge < -0.3 is 25.1 Å². The van der Waals surface area contributed by atoms with Gasteiger partial charge in [0.2, 0.25) is 0 Å². The van der Waals surface area contributed by atoms with Gasteiger partial charge >= 0.3 is 0 Å². The molecule has 2 aromatic rings. The minimum atomic E-state index is -0.244. The maximum atomic E-state index is 12.8. The molecular weight excluding hydrogens is 380 g/mol. The van der Waals surface area contributed by atoms with Crippen LogP contribution >= 0.6 is 11.6 Å². The topological polar surface area (TPSA) is 81.7 Å². The summed E-state index contributed by atoms with van der Waals surface area (Å²) >= 11 is 6.09.